The van der Waals surface area contributed by atoms with Crippen molar-refractivity contribution in [2.24, 2.45) is 0 Å². The van der Waals surface area contributed by atoms with Crippen LogP contribution < -0.4 is 10.1 Å². The van der Waals surface area contributed by atoms with Crippen LogP contribution in [0, 0.1) is 0 Å². The molecule has 106 valence electrons. The van der Waals surface area contributed by atoms with Crippen molar-refractivity contribution in [2.45, 2.75) is 6.61 Å². The lowest BCUT2D eigenvalue weighted by atomic mass is 10.2. The molecule has 1 N–H and O–H groups in total. The Bertz CT molecular complexity index is 590. The van der Waals surface area contributed by atoms with Crippen molar-refractivity contribution in [3.8, 4) is 17.3 Å². The maximum Gasteiger partial charge on any atom is 0.212 e. The molecule has 0 aliphatic carbocycles. The van der Waals surface area contributed by atoms with E-state index in [2.05, 4.69) is 36.2 Å². The standard InChI is InChI=1S/C13H15BrN4O2/c1-15-13-11(14)9(7-19-2)17-12(18-13)8-4-5-10(20-3)16-6-8/h4-6H,7H2,1-3H3,(H,15,17,18). The van der Waals surface area contributed by atoms with Gasteiger partial charge in [0.1, 0.15) is 5.82 Å². The number of hydrogen-bond acceptors (Lipinski definition) is 6. The fourth-order valence-corrected chi connectivity index (χ4v) is 2.14. The van der Waals surface area contributed by atoms with Crippen LogP contribution in [0.5, 0.6) is 5.88 Å². The van der Waals surface area contributed by atoms with E-state index >= 15 is 0 Å². The van der Waals surface area contributed by atoms with Crippen LogP contribution in [-0.4, -0.2) is 36.2 Å². The molecule has 0 aromatic carbocycles. The fraction of sp³-hybridized carbons (Fsp3) is 0.308. The number of anilines is 1. The van der Waals surface area contributed by atoms with Gasteiger partial charge in [0, 0.05) is 32.0 Å². The minimum atomic E-state index is 0.397. The monoisotopic (exact) mass is 338 g/mol. The lowest BCUT2D eigenvalue weighted by Gasteiger charge is -2.10. The second-order valence-electron chi connectivity index (χ2n) is 3.93. The molecule has 0 bridgehead atoms. The molecule has 2 aromatic rings. The van der Waals surface area contributed by atoms with Crippen LogP contribution in [0.15, 0.2) is 22.8 Å². The minimum Gasteiger partial charge on any atom is -0.481 e. The van der Waals surface area contributed by atoms with Crippen LogP contribution in [0.2, 0.25) is 0 Å². The van der Waals surface area contributed by atoms with Crippen molar-refractivity contribution < 1.29 is 9.47 Å². The molecular weight excluding hydrogens is 324 g/mol. The predicted molar refractivity (Wildman–Crippen MR) is 79.8 cm³/mol. The van der Waals surface area contributed by atoms with E-state index in [1.807, 2.05) is 6.07 Å². The number of nitrogens with zero attached hydrogens (tertiary/aromatic N) is 3. The number of rotatable bonds is 5. The zero-order chi connectivity index (χ0) is 14.5. The molecule has 0 saturated heterocycles. The highest BCUT2D eigenvalue weighted by molar-refractivity contribution is 9.10. The number of nitrogens with one attached hydrogen (secondary N) is 1. The van der Waals surface area contributed by atoms with Crippen molar-refractivity contribution in [3.63, 3.8) is 0 Å². The fourth-order valence-electron chi connectivity index (χ4n) is 1.65. The Morgan fingerprint density at radius 2 is 2.05 bits per heavy atom. The summed E-state index contributed by atoms with van der Waals surface area (Å²) in [5, 5.41) is 3.03. The van der Waals surface area contributed by atoms with Crippen LogP contribution in [0.3, 0.4) is 0 Å². The third kappa shape index (κ3) is 3.05. The SMILES string of the molecule is CNc1nc(-c2ccc(OC)nc2)nc(COC)c1Br. The van der Waals surface area contributed by atoms with Gasteiger partial charge in [-0.3, -0.25) is 0 Å². The van der Waals surface area contributed by atoms with Gasteiger partial charge in [-0.1, -0.05) is 0 Å². The molecule has 2 rings (SSSR count). The smallest absolute Gasteiger partial charge is 0.212 e. The molecule has 0 aliphatic heterocycles. The highest BCUT2D eigenvalue weighted by Gasteiger charge is 2.13. The highest BCUT2D eigenvalue weighted by atomic mass is 79.9. The van der Waals surface area contributed by atoms with Crippen molar-refractivity contribution in [1.29, 1.82) is 0 Å². The molecule has 0 saturated carbocycles. The van der Waals surface area contributed by atoms with Crippen molar-refractivity contribution in [3.05, 3.63) is 28.5 Å². The number of aromatic nitrogens is 3. The van der Waals surface area contributed by atoms with Crippen LogP contribution in [0.4, 0.5) is 5.82 Å². The quantitative estimate of drug-likeness (QED) is 0.903. The summed E-state index contributed by atoms with van der Waals surface area (Å²) in [6.07, 6.45) is 1.68. The molecular formula is C13H15BrN4O2. The summed E-state index contributed by atoms with van der Waals surface area (Å²) in [5.41, 5.74) is 1.59. The Balaban J connectivity index is 2.46. The maximum atomic E-state index is 5.15. The molecule has 0 amide bonds. The van der Waals surface area contributed by atoms with Crippen LogP contribution >= 0.6 is 15.9 Å². The summed E-state index contributed by atoms with van der Waals surface area (Å²) in [6, 6.07) is 3.64. The Kier molecular flexibility index (Phi) is 4.86. The third-order valence-corrected chi connectivity index (χ3v) is 3.47. The number of hydrogen-bond donors (Lipinski definition) is 1. The van der Waals surface area contributed by atoms with Gasteiger partial charge in [0.25, 0.3) is 0 Å². The van der Waals surface area contributed by atoms with Crippen molar-refractivity contribution >= 4 is 21.7 Å². The summed E-state index contributed by atoms with van der Waals surface area (Å²) < 4.78 is 11.0. The normalized spacial score (nSPS) is 10.4. The van der Waals surface area contributed by atoms with Gasteiger partial charge in [0.15, 0.2) is 5.82 Å². The molecule has 0 fully saturated rings. The van der Waals surface area contributed by atoms with Gasteiger partial charge in [0.2, 0.25) is 5.88 Å². The molecule has 7 heteroatoms. The molecule has 0 aliphatic rings. The second-order valence-corrected chi connectivity index (χ2v) is 4.72. The summed E-state index contributed by atoms with van der Waals surface area (Å²) in [5.74, 6) is 1.84. The molecule has 0 unspecified atom stereocenters. The molecule has 0 atom stereocenters. The summed E-state index contributed by atoms with van der Waals surface area (Å²) in [4.78, 5) is 13.1. The molecule has 2 aromatic heterocycles. The zero-order valence-corrected chi connectivity index (χ0v) is 13.1. The largest absolute Gasteiger partial charge is 0.481 e. The lowest BCUT2D eigenvalue weighted by Crippen LogP contribution is -2.04. The Labute approximate surface area is 125 Å². The van der Waals surface area contributed by atoms with E-state index in [9.17, 15) is 0 Å². The van der Waals surface area contributed by atoms with E-state index in [-0.39, 0.29) is 0 Å². The minimum absolute atomic E-state index is 0.397. The second kappa shape index (κ2) is 6.62. The molecule has 0 spiro atoms. The lowest BCUT2D eigenvalue weighted by molar-refractivity contribution is 0.181. The first-order valence-electron chi connectivity index (χ1n) is 5.93. The van der Waals surface area contributed by atoms with Crippen LogP contribution in [0.25, 0.3) is 11.4 Å². The van der Waals surface area contributed by atoms with Gasteiger partial charge in [-0.05, 0) is 22.0 Å². The summed E-state index contributed by atoms with van der Waals surface area (Å²) in [7, 11) is 5.01. The van der Waals surface area contributed by atoms with Gasteiger partial charge in [0.05, 0.1) is 23.9 Å². The number of ether oxygens (including phenoxy) is 2. The predicted octanol–water partition coefficient (Wildman–Crippen LogP) is 2.50. The number of halogens is 1. The van der Waals surface area contributed by atoms with E-state index in [0.717, 1.165) is 15.7 Å². The average molecular weight is 339 g/mol. The zero-order valence-electron chi connectivity index (χ0n) is 11.5. The summed E-state index contributed by atoms with van der Waals surface area (Å²) in [6.45, 7) is 0.397. The first-order chi connectivity index (χ1) is 9.69. The number of methoxy groups -OCH3 is 2. The highest BCUT2D eigenvalue weighted by Crippen LogP contribution is 2.27. The first kappa shape index (κ1) is 14.7. The van der Waals surface area contributed by atoms with Gasteiger partial charge in [-0.15, -0.1) is 0 Å². The van der Waals surface area contributed by atoms with E-state index < -0.39 is 0 Å². The Hall–Kier alpha value is -1.73. The van der Waals surface area contributed by atoms with Crippen molar-refractivity contribution in [2.75, 3.05) is 26.6 Å². The third-order valence-electron chi connectivity index (χ3n) is 2.64. The van der Waals surface area contributed by atoms with Crippen LogP contribution in [0.1, 0.15) is 5.69 Å². The van der Waals surface area contributed by atoms with Gasteiger partial charge >= 0.3 is 0 Å². The molecule has 6 nitrogen and oxygen atoms in total. The van der Waals surface area contributed by atoms with Crippen molar-refractivity contribution in [1.82, 2.24) is 15.0 Å². The molecule has 2 heterocycles. The van der Waals surface area contributed by atoms with Gasteiger partial charge in [-0.25, -0.2) is 15.0 Å². The average Bonchev–Trinajstić information content (AvgIpc) is 2.49. The Morgan fingerprint density at radius 3 is 2.60 bits per heavy atom. The first-order valence-corrected chi connectivity index (χ1v) is 6.72. The van der Waals surface area contributed by atoms with E-state index in [1.165, 1.54) is 0 Å². The maximum absolute atomic E-state index is 5.15. The Morgan fingerprint density at radius 1 is 1.25 bits per heavy atom. The topological polar surface area (TPSA) is 69.2 Å². The van der Waals surface area contributed by atoms with E-state index in [4.69, 9.17) is 9.47 Å². The number of pyridine rings is 1. The van der Waals surface area contributed by atoms with E-state index in [1.54, 1.807) is 33.5 Å². The molecule has 20 heavy (non-hydrogen) atoms. The molecule has 0 radical (unpaired) electrons. The van der Waals surface area contributed by atoms with Gasteiger partial charge < -0.3 is 14.8 Å². The summed E-state index contributed by atoms with van der Waals surface area (Å²) >= 11 is 3.47. The van der Waals surface area contributed by atoms with E-state index in [0.29, 0.717) is 24.1 Å². The van der Waals surface area contributed by atoms with Crippen LogP contribution in [-0.2, 0) is 11.3 Å². The van der Waals surface area contributed by atoms with Gasteiger partial charge in [-0.2, -0.15) is 0 Å².